The van der Waals surface area contributed by atoms with Crippen LogP contribution in [0.2, 0.25) is 0 Å². The predicted molar refractivity (Wildman–Crippen MR) is 105 cm³/mol. The number of unbranched alkanes of at least 4 members (excludes halogenated alkanes) is 1. The zero-order valence-corrected chi connectivity index (χ0v) is 16.3. The van der Waals surface area contributed by atoms with Crippen LogP contribution in [0, 0.1) is 35.5 Å². The molecule has 0 radical (unpaired) electrons. The van der Waals surface area contributed by atoms with Crippen LogP contribution in [0.25, 0.3) is 0 Å². The highest BCUT2D eigenvalue weighted by Gasteiger charge is 2.46. The molecule has 0 aromatic rings. The van der Waals surface area contributed by atoms with Crippen LogP contribution in [0.1, 0.15) is 77.0 Å². The Hall–Kier alpha value is -1.31. The lowest BCUT2D eigenvalue weighted by atomic mass is 9.57. The number of aliphatic hydroxyl groups excluding tert-OH is 2. The molecule has 4 nitrogen and oxygen atoms in total. The molecular weight excluding hydrogens is 340 g/mol. The Bertz CT molecular complexity index is 593. The molecule has 0 amide bonds. The second-order valence-corrected chi connectivity index (χ2v) is 8.75. The Morgan fingerprint density at radius 2 is 1.96 bits per heavy atom. The van der Waals surface area contributed by atoms with Crippen molar-refractivity contribution in [1.29, 1.82) is 0 Å². The van der Waals surface area contributed by atoms with Crippen LogP contribution in [-0.4, -0.2) is 33.5 Å². The summed E-state index contributed by atoms with van der Waals surface area (Å²) >= 11 is 0. The third kappa shape index (κ3) is 5.59. The zero-order valence-electron chi connectivity index (χ0n) is 16.3. The number of hydrogen-bond acceptors (Lipinski definition) is 3. The third-order valence-electron chi connectivity index (χ3n) is 6.81. The SMILES string of the molecule is O=C(O)CCCC=C1C[C@H]2[C@H](C#CC(O)CC3CCCCC3)[C@@H](O)CC[C@@H]12. The van der Waals surface area contributed by atoms with Crippen molar-refractivity contribution in [2.45, 2.75) is 89.3 Å². The summed E-state index contributed by atoms with van der Waals surface area (Å²) < 4.78 is 0. The van der Waals surface area contributed by atoms with Gasteiger partial charge in [0, 0.05) is 6.42 Å². The lowest BCUT2D eigenvalue weighted by molar-refractivity contribution is -0.137. The minimum absolute atomic E-state index is 0.0269. The number of aliphatic hydroxyl groups is 2. The molecule has 3 rings (SSSR count). The molecule has 4 heteroatoms. The lowest BCUT2D eigenvalue weighted by Gasteiger charge is -2.48. The van der Waals surface area contributed by atoms with Crippen LogP contribution in [0.15, 0.2) is 11.6 Å². The summed E-state index contributed by atoms with van der Waals surface area (Å²) in [4.78, 5) is 10.6. The number of fused-ring (bicyclic) bond motifs is 1. The number of hydrogen-bond donors (Lipinski definition) is 3. The van der Waals surface area contributed by atoms with Gasteiger partial charge in [-0.2, -0.15) is 0 Å². The average molecular weight is 375 g/mol. The van der Waals surface area contributed by atoms with Crippen molar-refractivity contribution in [3.63, 3.8) is 0 Å². The van der Waals surface area contributed by atoms with Gasteiger partial charge < -0.3 is 15.3 Å². The van der Waals surface area contributed by atoms with Crippen molar-refractivity contribution in [2.75, 3.05) is 0 Å². The largest absolute Gasteiger partial charge is 0.481 e. The van der Waals surface area contributed by atoms with Crippen LogP contribution >= 0.6 is 0 Å². The molecule has 0 aromatic carbocycles. The predicted octanol–water partition coefficient (Wildman–Crippen LogP) is 3.91. The summed E-state index contributed by atoms with van der Waals surface area (Å²) in [5, 5.41) is 29.5. The molecule has 0 bridgehead atoms. The Morgan fingerprint density at radius 1 is 1.19 bits per heavy atom. The zero-order chi connectivity index (χ0) is 19.2. The van der Waals surface area contributed by atoms with E-state index in [2.05, 4.69) is 17.9 Å². The number of rotatable bonds is 6. The Kier molecular flexibility index (Phi) is 7.38. The normalized spacial score (nSPS) is 33.5. The van der Waals surface area contributed by atoms with Gasteiger partial charge in [0.2, 0.25) is 0 Å². The van der Waals surface area contributed by atoms with Crippen molar-refractivity contribution in [3.8, 4) is 11.8 Å². The van der Waals surface area contributed by atoms with E-state index in [1.165, 1.54) is 37.7 Å². The molecule has 5 atom stereocenters. The fourth-order valence-corrected chi connectivity index (χ4v) is 5.24. The standard InChI is InChI=1S/C23H34O4/c24-18(14-16-6-2-1-3-7-16)10-11-20-21-15-17(8-4-5-9-23(26)27)19(21)12-13-22(20)25/h8,16,18-22,24-25H,1-7,9,12-15H2,(H,26,27)/t18?,19-,20-,21+,22-/m0/s1. The highest BCUT2D eigenvalue weighted by Crippen LogP contribution is 2.51. The minimum Gasteiger partial charge on any atom is -0.481 e. The molecule has 0 aliphatic heterocycles. The van der Waals surface area contributed by atoms with Gasteiger partial charge in [-0.05, 0) is 56.3 Å². The summed E-state index contributed by atoms with van der Waals surface area (Å²) in [7, 11) is 0. The van der Waals surface area contributed by atoms with E-state index >= 15 is 0 Å². The molecule has 0 heterocycles. The Balaban J connectivity index is 1.50. The van der Waals surface area contributed by atoms with E-state index in [-0.39, 0.29) is 18.4 Å². The van der Waals surface area contributed by atoms with Gasteiger partial charge in [-0.3, -0.25) is 4.79 Å². The number of carboxylic acids is 1. The van der Waals surface area contributed by atoms with E-state index in [1.54, 1.807) is 0 Å². The van der Waals surface area contributed by atoms with E-state index in [4.69, 9.17) is 5.11 Å². The maximum atomic E-state index is 10.6. The summed E-state index contributed by atoms with van der Waals surface area (Å²) in [6.45, 7) is 0. The molecule has 0 spiro atoms. The first-order chi connectivity index (χ1) is 13.0. The molecule has 3 aliphatic carbocycles. The van der Waals surface area contributed by atoms with Crippen molar-refractivity contribution in [1.82, 2.24) is 0 Å². The summed E-state index contributed by atoms with van der Waals surface area (Å²) in [5.41, 5.74) is 1.42. The van der Waals surface area contributed by atoms with Crippen molar-refractivity contribution < 1.29 is 20.1 Å². The topological polar surface area (TPSA) is 77.8 Å². The van der Waals surface area contributed by atoms with Crippen molar-refractivity contribution >= 4 is 5.97 Å². The second kappa shape index (κ2) is 9.75. The molecular formula is C23H34O4. The molecule has 3 saturated carbocycles. The van der Waals surface area contributed by atoms with Gasteiger partial charge >= 0.3 is 5.97 Å². The summed E-state index contributed by atoms with van der Waals surface area (Å²) in [6, 6.07) is 0. The summed E-state index contributed by atoms with van der Waals surface area (Å²) in [5.74, 6) is 7.03. The Morgan fingerprint density at radius 3 is 2.70 bits per heavy atom. The van der Waals surface area contributed by atoms with Crippen LogP contribution in [0.5, 0.6) is 0 Å². The smallest absolute Gasteiger partial charge is 0.303 e. The Labute approximate surface area is 163 Å². The number of carboxylic acid groups (broad SMARTS) is 1. The minimum atomic E-state index is -0.734. The van der Waals surface area contributed by atoms with Gasteiger partial charge in [0.05, 0.1) is 12.0 Å². The molecule has 3 N–H and O–H groups in total. The average Bonchev–Trinajstić information content (AvgIpc) is 2.62. The molecule has 1 unspecified atom stereocenters. The lowest BCUT2D eigenvalue weighted by Crippen LogP contribution is -2.44. The molecule has 150 valence electrons. The first kappa shape index (κ1) is 20.4. The molecule has 0 aromatic heterocycles. The van der Waals surface area contributed by atoms with E-state index in [9.17, 15) is 15.0 Å². The molecule has 3 aliphatic rings. The monoisotopic (exact) mass is 374 g/mol. The fourth-order valence-electron chi connectivity index (χ4n) is 5.24. The van der Waals surface area contributed by atoms with Gasteiger partial charge in [0.25, 0.3) is 0 Å². The van der Waals surface area contributed by atoms with E-state index in [1.807, 2.05) is 0 Å². The highest BCUT2D eigenvalue weighted by atomic mass is 16.4. The maximum Gasteiger partial charge on any atom is 0.303 e. The van der Waals surface area contributed by atoms with E-state index in [0.29, 0.717) is 24.2 Å². The van der Waals surface area contributed by atoms with Crippen LogP contribution in [-0.2, 0) is 4.79 Å². The number of carbonyl (C=O) groups is 1. The van der Waals surface area contributed by atoms with Crippen LogP contribution < -0.4 is 0 Å². The quantitative estimate of drug-likeness (QED) is 0.374. The fraction of sp³-hybridized carbons (Fsp3) is 0.783. The molecule has 27 heavy (non-hydrogen) atoms. The van der Waals surface area contributed by atoms with Gasteiger partial charge in [-0.1, -0.05) is 55.6 Å². The van der Waals surface area contributed by atoms with Gasteiger partial charge in [0.15, 0.2) is 0 Å². The first-order valence-corrected chi connectivity index (χ1v) is 10.8. The van der Waals surface area contributed by atoms with Crippen LogP contribution in [0.4, 0.5) is 0 Å². The molecule has 3 fully saturated rings. The van der Waals surface area contributed by atoms with Gasteiger partial charge in [-0.25, -0.2) is 0 Å². The molecule has 0 saturated heterocycles. The van der Waals surface area contributed by atoms with Crippen molar-refractivity contribution in [2.24, 2.45) is 23.7 Å². The highest BCUT2D eigenvalue weighted by molar-refractivity contribution is 5.66. The van der Waals surface area contributed by atoms with E-state index < -0.39 is 12.1 Å². The summed E-state index contributed by atoms with van der Waals surface area (Å²) in [6.07, 6.45) is 12.8. The number of allylic oxidation sites excluding steroid dienone is 2. The number of aliphatic carboxylic acids is 1. The van der Waals surface area contributed by atoms with E-state index in [0.717, 1.165) is 32.1 Å². The van der Waals surface area contributed by atoms with Crippen LogP contribution in [0.3, 0.4) is 0 Å². The van der Waals surface area contributed by atoms with Gasteiger partial charge in [-0.15, -0.1) is 0 Å². The van der Waals surface area contributed by atoms with Crippen molar-refractivity contribution in [3.05, 3.63) is 11.6 Å². The third-order valence-corrected chi connectivity index (χ3v) is 6.81. The first-order valence-electron chi connectivity index (χ1n) is 10.8. The van der Waals surface area contributed by atoms with Gasteiger partial charge in [0.1, 0.15) is 6.10 Å². The maximum absolute atomic E-state index is 10.6. The second-order valence-electron chi connectivity index (χ2n) is 8.75.